The fraction of sp³-hybridized carbons (Fsp3) is 0.500. The Kier molecular flexibility index (Phi) is 3.14. The van der Waals surface area contributed by atoms with Crippen LogP contribution in [0.15, 0.2) is 22.8 Å². The molecule has 0 spiro atoms. The molecule has 2 N–H and O–H groups in total. The van der Waals surface area contributed by atoms with Gasteiger partial charge in [0.25, 0.3) is 0 Å². The van der Waals surface area contributed by atoms with E-state index in [-0.39, 0.29) is 0 Å². The van der Waals surface area contributed by atoms with Gasteiger partial charge < -0.3 is 14.8 Å². The van der Waals surface area contributed by atoms with Crippen LogP contribution in [0.2, 0.25) is 0 Å². The van der Waals surface area contributed by atoms with E-state index >= 15 is 0 Å². The van der Waals surface area contributed by atoms with Gasteiger partial charge in [0.2, 0.25) is 0 Å². The Morgan fingerprint density at radius 1 is 1.73 bits per heavy atom. The van der Waals surface area contributed by atoms with Gasteiger partial charge in [0.1, 0.15) is 11.9 Å². The van der Waals surface area contributed by atoms with Gasteiger partial charge in [0.05, 0.1) is 6.26 Å². The zero-order chi connectivity index (χ0) is 8.10. The SMILES string of the molecule is CCNCC(O)c1ccco1. The van der Waals surface area contributed by atoms with E-state index in [1.54, 1.807) is 18.4 Å². The van der Waals surface area contributed by atoms with Crippen molar-refractivity contribution < 1.29 is 9.52 Å². The first kappa shape index (κ1) is 8.30. The minimum atomic E-state index is -0.523. The van der Waals surface area contributed by atoms with Gasteiger partial charge >= 0.3 is 0 Å². The van der Waals surface area contributed by atoms with E-state index in [9.17, 15) is 5.11 Å². The molecule has 1 heterocycles. The van der Waals surface area contributed by atoms with Crippen LogP contribution >= 0.6 is 0 Å². The molecule has 0 aliphatic heterocycles. The van der Waals surface area contributed by atoms with Gasteiger partial charge in [0.15, 0.2) is 0 Å². The molecule has 0 aliphatic rings. The van der Waals surface area contributed by atoms with Crippen LogP contribution in [-0.4, -0.2) is 18.2 Å². The summed E-state index contributed by atoms with van der Waals surface area (Å²) >= 11 is 0. The van der Waals surface area contributed by atoms with E-state index in [0.29, 0.717) is 12.3 Å². The molecule has 0 aromatic carbocycles. The van der Waals surface area contributed by atoms with Crippen LogP contribution in [0, 0.1) is 0 Å². The highest BCUT2D eigenvalue weighted by Gasteiger charge is 2.07. The molecule has 0 saturated heterocycles. The molecule has 0 fully saturated rings. The fourth-order valence-electron chi connectivity index (χ4n) is 0.863. The van der Waals surface area contributed by atoms with Gasteiger partial charge in [-0.15, -0.1) is 0 Å². The van der Waals surface area contributed by atoms with E-state index < -0.39 is 6.10 Å². The molecular weight excluding hydrogens is 142 g/mol. The fourth-order valence-corrected chi connectivity index (χ4v) is 0.863. The monoisotopic (exact) mass is 155 g/mol. The van der Waals surface area contributed by atoms with Crippen molar-refractivity contribution in [3.8, 4) is 0 Å². The Labute approximate surface area is 66.0 Å². The topological polar surface area (TPSA) is 45.4 Å². The maximum atomic E-state index is 9.38. The lowest BCUT2D eigenvalue weighted by Gasteiger charge is -2.06. The van der Waals surface area contributed by atoms with E-state index in [2.05, 4.69) is 5.32 Å². The Hall–Kier alpha value is -0.800. The smallest absolute Gasteiger partial charge is 0.133 e. The summed E-state index contributed by atoms with van der Waals surface area (Å²) in [6, 6.07) is 3.53. The Morgan fingerprint density at radius 2 is 2.55 bits per heavy atom. The average Bonchev–Trinajstić information content (AvgIpc) is 2.52. The maximum Gasteiger partial charge on any atom is 0.133 e. The number of hydrogen-bond acceptors (Lipinski definition) is 3. The van der Waals surface area contributed by atoms with E-state index in [1.165, 1.54) is 0 Å². The molecule has 0 bridgehead atoms. The summed E-state index contributed by atoms with van der Waals surface area (Å²) in [6.45, 7) is 3.40. The third-order valence-electron chi connectivity index (χ3n) is 1.46. The molecule has 0 amide bonds. The van der Waals surface area contributed by atoms with Crippen LogP contribution in [0.4, 0.5) is 0 Å². The highest BCUT2D eigenvalue weighted by molar-refractivity contribution is 5.01. The zero-order valence-electron chi connectivity index (χ0n) is 6.58. The lowest BCUT2D eigenvalue weighted by molar-refractivity contribution is 0.148. The Bertz CT molecular complexity index is 184. The van der Waals surface area contributed by atoms with Crippen LogP contribution in [0.3, 0.4) is 0 Å². The van der Waals surface area contributed by atoms with Crippen LogP contribution < -0.4 is 5.32 Å². The quantitative estimate of drug-likeness (QED) is 0.679. The number of aliphatic hydroxyl groups excluding tert-OH is 1. The predicted molar refractivity (Wildman–Crippen MR) is 42.2 cm³/mol. The van der Waals surface area contributed by atoms with Gasteiger partial charge in [-0.1, -0.05) is 6.92 Å². The number of nitrogens with one attached hydrogen (secondary N) is 1. The van der Waals surface area contributed by atoms with E-state index in [0.717, 1.165) is 6.54 Å². The lowest BCUT2D eigenvalue weighted by atomic mass is 10.3. The van der Waals surface area contributed by atoms with Crippen LogP contribution in [0.1, 0.15) is 18.8 Å². The lowest BCUT2D eigenvalue weighted by Crippen LogP contribution is -2.20. The van der Waals surface area contributed by atoms with Crippen molar-refractivity contribution in [1.82, 2.24) is 5.32 Å². The van der Waals surface area contributed by atoms with Crippen molar-refractivity contribution in [3.05, 3.63) is 24.2 Å². The molecular formula is C8H13NO2. The second-order valence-corrected chi connectivity index (χ2v) is 2.34. The first-order chi connectivity index (χ1) is 5.34. The summed E-state index contributed by atoms with van der Waals surface area (Å²) in [4.78, 5) is 0. The first-order valence-corrected chi connectivity index (χ1v) is 3.76. The van der Waals surface area contributed by atoms with Crippen molar-refractivity contribution in [2.75, 3.05) is 13.1 Å². The molecule has 0 aliphatic carbocycles. The summed E-state index contributed by atoms with van der Waals surface area (Å²) in [6.07, 6.45) is 1.04. The van der Waals surface area contributed by atoms with Gasteiger partial charge in [-0.25, -0.2) is 0 Å². The molecule has 1 rings (SSSR count). The van der Waals surface area contributed by atoms with Gasteiger partial charge in [-0.2, -0.15) is 0 Å². The van der Waals surface area contributed by atoms with E-state index in [4.69, 9.17) is 4.42 Å². The minimum absolute atomic E-state index is 0.523. The van der Waals surface area contributed by atoms with Crippen LogP contribution in [-0.2, 0) is 0 Å². The summed E-state index contributed by atoms with van der Waals surface area (Å²) in [5, 5.41) is 12.4. The van der Waals surface area contributed by atoms with Gasteiger partial charge in [0, 0.05) is 6.54 Å². The molecule has 1 unspecified atom stereocenters. The van der Waals surface area contributed by atoms with E-state index in [1.807, 2.05) is 6.92 Å². The minimum Gasteiger partial charge on any atom is -0.467 e. The molecule has 62 valence electrons. The number of furan rings is 1. The van der Waals surface area contributed by atoms with Crippen molar-refractivity contribution in [2.45, 2.75) is 13.0 Å². The van der Waals surface area contributed by atoms with Gasteiger partial charge in [-0.3, -0.25) is 0 Å². The molecule has 3 nitrogen and oxygen atoms in total. The third-order valence-corrected chi connectivity index (χ3v) is 1.46. The summed E-state index contributed by atoms with van der Waals surface area (Å²) in [5.41, 5.74) is 0. The van der Waals surface area contributed by atoms with Crippen molar-refractivity contribution in [1.29, 1.82) is 0 Å². The molecule has 3 heteroatoms. The number of aliphatic hydroxyl groups is 1. The highest BCUT2D eigenvalue weighted by Crippen LogP contribution is 2.10. The molecule has 0 radical (unpaired) electrons. The number of rotatable bonds is 4. The molecule has 0 saturated carbocycles. The largest absolute Gasteiger partial charge is 0.467 e. The van der Waals surface area contributed by atoms with Crippen molar-refractivity contribution >= 4 is 0 Å². The predicted octanol–water partition coefficient (Wildman–Crippen LogP) is 0.923. The second-order valence-electron chi connectivity index (χ2n) is 2.34. The third kappa shape index (κ3) is 2.37. The average molecular weight is 155 g/mol. The number of likely N-dealkylation sites (N-methyl/N-ethyl adjacent to an activating group) is 1. The van der Waals surface area contributed by atoms with Crippen LogP contribution in [0.25, 0.3) is 0 Å². The van der Waals surface area contributed by atoms with Gasteiger partial charge in [-0.05, 0) is 18.7 Å². The first-order valence-electron chi connectivity index (χ1n) is 3.76. The highest BCUT2D eigenvalue weighted by atomic mass is 16.4. The molecule has 1 aromatic rings. The standard InChI is InChI=1S/C8H13NO2/c1-2-9-6-7(10)8-4-3-5-11-8/h3-5,7,9-10H,2,6H2,1H3. The zero-order valence-corrected chi connectivity index (χ0v) is 6.58. The number of hydrogen-bond donors (Lipinski definition) is 2. The molecule has 11 heavy (non-hydrogen) atoms. The second kappa shape index (κ2) is 4.16. The maximum absolute atomic E-state index is 9.38. The van der Waals surface area contributed by atoms with Crippen LogP contribution in [0.5, 0.6) is 0 Å². The van der Waals surface area contributed by atoms with Crippen molar-refractivity contribution in [3.63, 3.8) is 0 Å². The normalized spacial score (nSPS) is 13.3. The van der Waals surface area contributed by atoms with Crippen molar-refractivity contribution in [2.24, 2.45) is 0 Å². The Morgan fingerprint density at radius 3 is 3.09 bits per heavy atom. The summed E-state index contributed by atoms with van der Waals surface area (Å²) in [5.74, 6) is 0.617. The summed E-state index contributed by atoms with van der Waals surface area (Å²) < 4.78 is 5.00. The summed E-state index contributed by atoms with van der Waals surface area (Å²) in [7, 11) is 0. The Balaban J connectivity index is 2.36. The molecule has 1 atom stereocenters. The molecule has 1 aromatic heterocycles.